The standard InChI is InChI=1S/C21H35N5O/c1-16(2)14-22-21(23-15-20(27)25(4)5)24-17(3)18-9-8-10-19(13-18)26-11-6-7-12-26/h8-10,13,16-17H,6-7,11-12,14-15H2,1-5H3,(H2,22,23,24). The molecule has 1 unspecified atom stereocenters. The highest BCUT2D eigenvalue weighted by Crippen LogP contribution is 2.23. The van der Waals surface area contributed by atoms with E-state index in [1.165, 1.54) is 24.1 Å². The highest BCUT2D eigenvalue weighted by molar-refractivity contribution is 5.85. The molecule has 1 aliphatic heterocycles. The third-order valence-corrected chi connectivity index (χ3v) is 4.74. The molecule has 1 fully saturated rings. The van der Waals surface area contributed by atoms with Gasteiger partial charge in [-0.25, -0.2) is 4.99 Å². The molecule has 1 saturated heterocycles. The summed E-state index contributed by atoms with van der Waals surface area (Å²) >= 11 is 0. The Kier molecular flexibility index (Phi) is 7.95. The van der Waals surface area contributed by atoms with Crippen molar-refractivity contribution in [1.29, 1.82) is 0 Å². The van der Waals surface area contributed by atoms with Crippen molar-refractivity contribution in [2.45, 2.75) is 39.7 Å². The average molecular weight is 374 g/mol. The smallest absolute Gasteiger partial charge is 0.243 e. The Hall–Kier alpha value is -2.24. The fourth-order valence-electron chi connectivity index (χ4n) is 3.00. The summed E-state index contributed by atoms with van der Waals surface area (Å²) in [7, 11) is 3.50. The monoisotopic (exact) mass is 373 g/mol. The van der Waals surface area contributed by atoms with Gasteiger partial charge in [0.05, 0.1) is 6.04 Å². The highest BCUT2D eigenvalue weighted by Gasteiger charge is 2.15. The van der Waals surface area contributed by atoms with Crippen LogP contribution in [-0.2, 0) is 4.79 Å². The molecule has 1 amide bonds. The topological polar surface area (TPSA) is 60.0 Å². The minimum atomic E-state index is -0.00988. The quantitative estimate of drug-likeness (QED) is 0.570. The van der Waals surface area contributed by atoms with Crippen molar-refractivity contribution in [3.63, 3.8) is 0 Å². The van der Waals surface area contributed by atoms with E-state index in [0.29, 0.717) is 11.9 Å². The molecule has 6 heteroatoms. The number of hydrogen-bond acceptors (Lipinski definition) is 3. The summed E-state index contributed by atoms with van der Waals surface area (Å²) in [4.78, 5) is 20.4. The summed E-state index contributed by atoms with van der Waals surface area (Å²) in [5, 5.41) is 6.79. The molecule has 0 bridgehead atoms. The van der Waals surface area contributed by atoms with E-state index in [2.05, 4.69) is 65.6 Å². The van der Waals surface area contributed by atoms with Gasteiger partial charge in [0, 0.05) is 39.4 Å². The van der Waals surface area contributed by atoms with Crippen LogP contribution in [-0.4, -0.2) is 57.0 Å². The summed E-state index contributed by atoms with van der Waals surface area (Å²) < 4.78 is 0. The second-order valence-electron chi connectivity index (χ2n) is 7.88. The number of anilines is 1. The second-order valence-corrected chi connectivity index (χ2v) is 7.88. The number of amides is 1. The van der Waals surface area contributed by atoms with E-state index in [4.69, 9.17) is 0 Å². The molecule has 1 aromatic rings. The van der Waals surface area contributed by atoms with Crippen LogP contribution < -0.4 is 15.5 Å². The average Bonchev–Trinajstić information content (AvgIpc) is 3.18. The van der Waals surface area contributed by atoms with Gasteiger partial charge in [0.1, 0.15) is 6.54 Å². The van der Waals surface area contributed by atoms with Crippen LogP contribution in [0, 0.1) is 5.92 Å². The van der Waals surface area contributed by atoms with Crippen LogP contribution in [0.1, 0.15) is 45.2 Å². The lowest BCUT2D eigenvalue weighted by molar-refractivity contribution is -0.127. The Morgan fingerprint density at radius 2 is 1.93 bits per heavy atom. The van der Waals surface area contributed by atoms with Crippen LogP contribution >= 0.6 is 0 Å². The SMILES string of the molecule is CC(C)CNC(=NCC(=O)N(C)C)NC(C)c1cccc(N2CCCC2)c1. The van der Waals surface area contributed by atoms with Crippen molar-refractivity contribution < 1.29 is 4.79 Å². The van der Waals surface area contributed by atoms with E-state index >= 15 is 0 Å². The highest BCUT2D eigenvalue weighted by atomic mass is 16.2. The van der Waals surface area contributed by atoms with Crippen molar-refractivity contribution in [2.24, 2.45) is 10.9 Å². The molecule has 2 rings (SSSR count). The van der Waals surface area contributed by atoms with Gasteiger partial charge in [0.25, 0.3) is 0 Å². The van der Waals surface area contributed by atoms with Gasteiger partial charge in [-0.2, -0.15) is 0 Å². The van der Waals surface area contributed by atoms with Gasteiger partial charge in [-0.3, -0.25) is 4.79 Å². The zero-order valence-corrected chi connectivity index (χ0v) is 17.5. The molecule has 0 aliphatic carbocycles. The minimum Gasteiger partial charge on any atom is -0.372 e. The van der Waals surface area contributed by atoms with Crippen LogP contribution in [0.4, 0.5) is 5.69 Å². The zero-order chi connectivity index (χ0) is 19.8. The molecule has 2 N–H and O–H groups in total. The number of carbonyl (C=O) groups is 1. The lowest BCUT2D eigenvalue weighted by Gasteiger charge is -2.22. The first kappa shape index (κ1) is 21.1. The van der Waals surface area contributed by atoms with Gasteiger partial charge in [0.15, 0.2) is 5.96 Å². The number of likely N-dealkylation sites (N-methyl/N-ethyl adjacent to an activating group) is 1. The third kappa shape index (κ3) is 6.77. The van der Waals surface area contributed by atoms with Crippen LogP contribution in [0.5, 0.6) is 0 Å². The van der Waals surface area contributed by atoms with E-state index in [1.807, 2.05) is 0 Å². The first-order chi connectivity index (χ1) is 12.9. The zero-order valence-electron chi connectivity index (χ0n) is 17.5. The summed E-state index contributed by atoms with van der Waals surface area (Å²) in [5.74, 6) is 1.16. The number of guanidine groups is 1. The lowest BCUT2D eigenvalue weighted by atomic mass is 10.1. The fraction of sp³-hybridized carbons (Fsp3) is 0.619. The Bertz CT molecular complexity index is 635. The molecule has 0 saturated carbocycles. The number of aliphatic imine (C=N–C) groups is 1. The van der Waals surface area contributed by atoms with Crippen molar-refractivity contribution >= 4 is 17.6 Å². The molecule has 0 radical (unpaired) electrons. The number of nitrogens with one attached hydrogen (secondary N) is 2. The summed E-state index contributed by atoms with van der Waals surface area (Å²) in [6, 6.07) is 8.80. The Labute approximate surface area is 164 Å². The molecule has 1 aromatic carbocycles. The summed E-state index contributed by atoms with van der Waals surface area (Å²) in [6.45, 7) is 9.66. The van der Waals surface area contributed by atoms with Crippen LogP contribution in [0.25, 0.3) is 0 Å². The Morgan fingerprint density at radius 3 is 2.56 bits per heavy atom. The normalized spacial score (nSPS) is 15.8. The third-order valence-electron chi connectivity index (χ3n) is 4.74. The van der Waals surface area contributed by atoms with Gasteiger partial charge < -0.3 is 20.4 Å². The van der Waals surface area contributed by atoms with Gasteiger partial charge in [-0.15, -0.1) is 0 Å². The van der Waals surface area contributed by atoms with Crippen LogP contribution in [0.15, 0.2) is 29.3 Å². The second kappa shape index (κ2) is 10.2. The molecular weight excluding hydrogens is 338 g/mol. The fourth-order valence-corrected chi connectivity index (χ4v) is 3.00. The molecule has 6 nitrogen and oxygen atoms in total. The maximum absolute atomic E-state index is 11.9. The molecular formula is C21H35N5O. The van der Waals surface area contributed by atoms with Crippen molar-refractivity contribution in [1.82, 2.24) is 15.5 Å². The number of rotatable bonds is 7. The van der Waals surface area contributed by atoms with Crippen LogP contribution in [0.3, 0.4) is 0 Å². The predicted molar refractivity (Wildman–Crippen MR) is 113 cm³/mol. The van der Waals surface area contributed by atoms with Gasteiger partial charge in [-0.1, -0.05) is 26.0 Å². The first-order valence-corrected chi connectivity index (χ1v) is 9.96. The van der Waals surface area contributed by atoms with Gasteiger partial charge in [-0.05, 0) is 43.4 Å². The van der Waals surface area contributed by atoms with Crippen molar-refractivity contribution in [3.8, 4) is 0 Å². The van der Waals surface area contributed by atoms with E-state index < -0.39 is 0 Å². The van der Waals surface area contributed by atoms with E-state index in [1.54, 1.807) is 19.0 Å². The van der Waals surface area contributed by atoms with Crippen molar-refractivity contribution in [2.75, 3.05) is 45.2 Å². The maximum atomic E-state index is 11.9. The minimum absolute atomic E-state index is 0.00988. The Morgan fingerprint density at radius 1 is 1.22 bits per heavy atom. The molecule has 1 heterocycles. The maximum Gasteiger partial charge on any atom is 0.243 e. The van der Waals surface area contributed by atoms with E-state index in [9.17, 15) is 4.79 Å². The molecule has 0 spiro atoms. The lowest BCUT2D eigenvalue weighted by Crippen LogP contribution is -2.41. The number of carbonyl (C=O) groups excluding carboxylic acids is 1. The van der Waals surface area contributed by atoms with Gasteiger partial charge in [0.2, 0.25) is 5.91 Å². The van der Waals surface area contributed by atoms with E-state index in [-0.39, 0.29) is 18.5 Å². The largest absolute Gasteiger partial charge is 0.372 e. The van der Waals surface area contributed by atoms with E-state index in [0.717, 1.165) is 19.6 Å². The Balaban J connectivity index is 2.07. The molecule has 27 heavy (non-hydrogen) atoms. The van der Waals surface area contributed by atoms with Crippen molar-refractivity contribution in [3.05, 3.63) is 29.8 Å². The molecule has 150 valence electrons. The summed E-state index contributed by atoms with van der Waals surface area (Å²) in [6.07, 6.45) is 2.54. The number of hydrogen-bond donors (Lipinski definition) is 2. The summed E-state index contributed by atoms with van der Waals surface area (Å²) in [5.41, 5.74) is 2.51. The predicted octanol–water partition coefficient (Wildman–Crippen LogP) is 2.63. The molecule has 1 aliphatic rings. The number of nitrogens with zero attached hydrogens (tertiary/aromatic N) is 3. The van der Waals surface area contributed by atoms with Crippen LogP contribution in [0.2, 0.25) is 0 Å². The molecule has 0 aromatic heterocycles. The van der Waals surface area contributed by atoms with Gasteiger partial charge >= 0.3 is 0 Å². The number of benzene rings is 1. The molecule has 1 atom stereocenters. The first-order valence-electron chi connectivity index (χ1n) is 9.96.